The van der Waals surface area contributed by atoms with Gasteiger partial charge in [0.05, 0.1) is 0 Å². The lowest BCUT2D eigenvalue weighted by Gasteiger charge is -2.06. The smallest absolute Gasteiger partial charge is 0.324 e. The van der Waals surface area contributed by atoms with Crippen LogP contribution in [-0.2, 0) is 9.63 Å². The number of unbranched alkanes of at least 4 members (excludes halogenated alkanes) is 26. The molecule has 0 saturated heterocycles. The van der Waals surface area contributed by atoms with Crippen molar-refractivity contribution in [3.05, 3.63) is 12.2 Å². The number of carbonyl (C=O) groups excluding carboxylic acids is 1. The Morgan fingerprint density at radius 3 is 1.21 bits per heavy atom. The van der Waals surface area contributed by atoms with E-state index in [1.54, 1.807) is 0 Å². The number of allylic oxidation sites excluding steroid dienone is 2. The third-order valence-corrected chi connectivity index (χ3v) is 7.96. The summed E-state index contributed by atoms with van der Waals surface area (Å²) in [5.74, 6) is -0.0934. The number of hydrogen-bond acceptors (Lipinski definition) is 3. The van der Waals surface area contributed by atoms with Gasteiger partial charge >= 0.3 is 5.97 Å². The summed E-state index contributed by atoms with van der Waals surface area (Å²) < 4.78 is 0. The van der Waals surface area contributed by atoms with Crippen LogP contribution >= 0.6 is 0 Å². The van der Waals surface area contributed by atoms with Crippen molar-refractivity contribution in [1.82, 2.24) is 5.48 Å². The van der Waals surface area contributed by atoms with Gasteiger partial charge in [0.25, 0.3) is 0 Å². The van der Waals surface area contributed by atoms with Gasteiger partial charge in [0.1, 0.15) is 0 Å². The number of hydroxylamine groups is 1. The second kappa shape index (κ2) is 35.2. The summed E-state index contributed by atoms with van der Waals surface area (Å²) in [6.07, 6.45) is 44.0. The quantitative estimate of drug-likeness (QED) is 0.0502. The van der Waals surface area contributed by atoms with Crippen LogP contribution in [0.2, 0.25) is 0 Å². The molecule has 0 aromatic rings. The molecular formula is C36H71NO2. The Hall–Kier alpha value is -0.830. The summed E-state index contributed by atoms with van der Waals surface area (Å²) in [7, 11) is 0. The lowest BCUT2D eigenvalue weighted by Crippen LogP contribution is -2.20. The normalized spacial score (nSPS) is 11.5. The van der Waals surface area contributed by atoms with Gasteiger partial charge in [-0.3, -0.25) is 4.79 Å². The molecule has 0 aliphatic heterocycles. The minimum Gasteiger partial charge on any atom is -0.371 e. The summed E-state index contributed by atoms with van der Waals surface area (Å²) in [6.45, 7) is 5.35. The van der Waals surface area contributed by atoms with Crippen LogP contribution in [-0.4, -0.2) is 12.5 Å². The molecule has 0 rings (SSSR count). The van der Waals surface area contributed by atoms with E-state index in [2.05, 4.69) is 31.5 Å². The van der Waals surface area contributed by atoms with Gasteiger partial charge < -0.3 is 4.84 Å². The molecule has 0 aromatic carbocycles. The largest absolute Gasteiger partial charge is 0.371 e. The Bertz CT molecular complexity index is 490. The Morgan fingerprint density at radius 2 is 0.795 bits per heavy atom. The fourth-order valence-corrected chi connectivity index (χ4v) is 5.27. The van der Waals surface area contributed by atoms with Gasteiger partial charge in [-0.25, -0.2) is 0 Å². The fraction of sp³-hybridized carbons (Fsp3) is 0.917. The number of rotatable bonds is 33. The van der Waals surface area contributed by atoms with Crippen molar-refractivity contribution in [2.45, 2.75) is 206 Å². The highest BCUT2D eigenvalue weighted by molar-refractivity contribution is 5.68. The molecule has 232 valence electrons. The van der Waals surface area contributed by atoms with Gasteiger partial charge in [-0.1, -0.05) is 174 Å². The molecule has 0 atom stereocenters. The summed E-state index contributed by atoms with van der Waals surface area (Å²) in [5.41, 5.74) is 2.88. The van der Waals surface area contributed by atoms with Crippen molar-refractivity contribution in [3.8, 4) is 0 Å². The minimum absolute atomic E-state index is 0.0934. The molecule has 0 radical (unpaired) electrons. The molecule has 0 unspecified atom stereocenters. The molecule has 3 nitrogen and oxygen atoms in total. The molecule has 0 heterocycles. The molecule has 0 fully saturated rings. The molecule has 0 spiro atoms. The topological polar surface area (TPSA) is 38.3 Å². The second-order valence-electron chi connectivity index (χ2n) is 12.0. The monoisotopic (exact) mass is 550 g/mol. The maximum absolute atomic E-state index is 11.9. The Labute approximate surface area is 246 Å². The third kappa shape index (κ3) is 35.1. The van der Waals surface area contributed by atoms with E-state index in [-0.39, 0.29) is 5.97 Å². The van der Waals surface area contributed by atoms with Gasteiger partial charge in [0.2, 0.25) is 0 Å². The average Bonchev–Trinajstić information content (AvgIpc) is 2.94. The highest BCUT2D eigenvalue weighted by Gasteiger charge is 2.02. The van der Waals surface area contributed by atoms with Gasteiger partial charge in [-0.2, -0.15) is 5.48 Å². The van der Waals surface area contributed by atoms with Crippen LogP contribution in [0, 0.1) is 0 Å². The number of nitrogens with one attached hydrogen (secondary N) is 1. The van der Waals surface area contributed by atoms with E-state index >= 15 is 0 Å². The van der Waals surface area contributed by atoms with Crippen LogP contribution in [0.5, 0.6) is 0 Å². The zero-order chi connectivity index (χ0) is 28.3. The van der Waals surface area contributed by atoms with E-state index in [9.17, 15) is 4.79 Å². The van der Waals surface area contributed by atoms with Crippen molar-refractivity contribution in [1.29, 1.82) is 0 Å². The third-order valence-electron chi connectivity index (χ3n) is 7.96. The van der Waals surface area contributed by atoms with E-state index < -0.39 is 0 Å². The van der Waals surface area contributed by atoms with Crippen LogP contribution in [0.15, 0.2) is 12.2 Å². The summed E-state index contributed by atoms with van der Waals surface area (Å²) in [6, 6.07) is 0. The molecule has 0 bridgehead atoms. The summed E-state index contributed by atoms with van der Waals surface area (Å²) in [4.78, 5) is 17.0. The summed E-state index contributed by atoms with van der Waals surface area (Å²) >= 11 is 0. The van der Waals surface area contributed by atoms with Crippen molar-refractivity contribution in [2.24, 2.45) is 0 Å². The first kappa shape index (κ1) is 38.2. The van der Waals surface area contributed by atoms with Crippen molar-refractivity contribution < 1.29 is 9.63 Å². The van der Waals surface area contributed by atoms with E-state index in [1.165, 1.54) is 167 Å². The van der Waals surface area contributed by atoms with Crippen LogP contribution in [0.4, 0.5) is 0 Å². The average molecular weight is 550 g/mol. The van der Waals surface area contributed by atoms with E-state index in [4.69, 9.17) is 4.84 Å². The van der Waals surface area contributed by atoms with E-state index in [0.29, 0.717) is 6.42 Å². The Morgan fingerprint density at radius 1 is 0.462 bits per heavy atom. The van der Waals surface area contributed by atoms with Gasteiger partial charge in [-0.15, -0.1) is 0 Å². The van der Waals surface area contributed by atoms with Crippen LogP contribution in [0.1, 0.15) is 206 Å². The molecule has 0 saturated carbocycles. The molecule has 3 heteroatoms. The second-order valence-corrected chi connectivity index (χ2v) is 12.0. The molecule has 0 amide bonds. The maximum atomic E-state index is 11.9. The molecule has 0 aromatic heterocycles. The molecular weight excluding hydrogens is 478 g/mol. The van der Waals surface area contributed by atoms with Crippen molar-refractivity contribution >= 4 is 5.97 Å². The van der Waals surface area contributed by atoms with Crippen LogP contribution in [0.25, 0.3) is 0 Å². The predicted molar refractivity (Wildman–Crippen MR) is 173 cm³/mol. The zero-order valence-corrected chi connectivity index (χ0v) is 26.9. The van der Waals surface area contributed by atoms with E-state index in [1.807, 2.05) is 0 Å². The van der Waals surface area contributed by atoms with Crippen LogP contribution < -0.4 is 5.48 Å². The fourth-order valence-electron chi connectivity index (χ4n) is 5.27. The first-order valence-corrected chi connectivity index (χ1v) is 17.9. The van der Waals surface area contributed by atoms with Crippen LogP contribution in [0.3, 0.4) is 0 Å². The number of hydrogen-bond donors (Lipinski definition) is 1. The first-order chi connectivity index (χ1) is 19.3. The SMILES string of the molecule is CCCCCCCC/C=C\CCCCCCCC(=O)ONCCCCCCCCCCCCCCCCCC. The Balaban J connectivity index is 3.18. The lowest BCUT2D eigenvalue weighted by molar-refractivity contribution is -0.151. The minimum atomic E-state index is -0.0934. The number of carbonyl (C=O) groups is 1. The van der Waals surface area contributed by atoms with Crippen molar-refractivity contribution in [3.63, 3.8) is 0 Å². The standard InChI is InChI=1S/C36H71NO2/c1-3-5-7-9-11-13-15-17-19-21-23-25-27-29-31-33-35-37-39-36(38)34-32-30-28-26-24-22-20-18-16-14-12-10-8-6-4-2/h18,20,37H,3-17,19,21-35H2,1-2H3/b20-18-. The van der Waals surface area contributed by atoms with E-state index in [0.717, 1.165) is 25.8 Å². The Kier molecular flexibility index (Phi) is 34.4. The first-order valence-electron chi connectivity index (χ1n) is 17.9. The van der Waals surface area contributed by atoms with Gasteiger partial charge in [-0.05, 0) is 38.5 Å². The molecule has 0 aliphatic carbocycles. The van der Waals surface area contributed by atoms with Crippen molar-refractivity contribution in [2.75, 3.05) is 6.54 Å². The highest BCUT2D eigenvalue weighted by atomic mass is 16.7. The zero-order valence-electron chi connectivity index (χ0n) is 26.9. The summed E-state index contributed by atoms with van der Waals surface area (Å²) in [5, 5.41) is 0. The lowest BCUT2D eigenvalue weighted by atomic mass is 10.0. The van der Waals surface area contributed by atoms with Gasteiger partial charge in [0.15, 0.2) is 0 Å². The van der Waals surface area contributed by atoms with Gasteiger partial charge in [0, 0.05) is 13.0 Å². The highest BCUT2D eigenvalue weighted by Crippen LogP contribution is 2.14. The molecule has 39 heavy (non-hydrogen) atoms. The molecule has 1 N–H and O–H groups in total. The predicted octanol–water partition coefficient (Wildman–Crippen LogP) is 12.3. The maximum Gasteiger partial charge on any atom is 0.324 e. The molecule has 0 aliphatic rings.